The molecule has 0 bridgehead atoms. The summed E-state index contributed by atoms with van der Waals surface area (Å²) in [6.07, 6.45) is 3.21. The number of aliphatic hydroxyl groups excluding tert-OH is 1. The van der Waals surface area contributed by atoms with Gasteiger partial charge < -0.3 is 19.7 Å². The number of amides is 1. The molecule has 2 heterocycles. The van der Waals surface area contributed by atoms with Crippen molar-refractivity contribution in [2.24, 2.45) is 0 Å². The molecule has 24 heavy (non-hydrogen) atoms. The zero-order valence-corrected chi connectivity index (χ0v) is 14.4. The maximum atomic E-state index is 12.4. The predicted molar refractivity (Wildman–Crippen MR) is 87.6 cm³/mol. The van der Waals surface area contributed by atoms with Crippen LogP contribution in [0.25, 0.3) is 0 Å². The van der Waals surface area contributed by atoms with Crippen molar-refractivity contribution in [2.45, 2.75) is 44.9 Å². The molecule has 1 aliphatic heterocycles. The Balaban J connectivity index is 1.89. The minimum atomic E-state index is -0.948. The average Bonchev–Trinajstić information content (AvgIpc) is 3.10. The summed E-state index contributed by atoms with van der Waals surface area (Å²) >= 11 is 0. The van der Waals surface area contributed by atoms with Gasteiger partial charge in [0.1, 0.15) is 5.82 Å². The number of likely N-dealkylation sites (tertiary alicyclic amines) is 1. The van der Waals surface area contributed by atoms with E-state index in [1.165, 1.54) is 0 Å². The van der Waals surface area contributed by atoms with Gasteiger partial charge >= 0.3 is 5.97 Å². The molecule has 0 saturated carbocycles. The lowest BCUT2D eigenvalue weighted by Crippen LogP contribution is -2.43. The summed E-state index contributed by atoms with van der Waals surface area (Å²) in [7, 11) is 1.65. The summed E-state index contributed by atoms with van der Waals surface area (Å²) in [5, 5.41) is 19.0. The largest absolute Gasteiger partial charge is 0.480 e. The molecular formula is C16H26N4O4. The molecule has 1 saturated heterocycles. The van der Waals surface area contributed by atoms with Crippen LogP contribution < -0.4 is 0 Å². The molecule has 2 rings (SSSR count). The van der Waals surface area contributed by atoms with Crippen LogP contribution in [0, 0.1) is 0 Å². The Hall–Kier alpha value is -1.93. The SMILES string of the molecule is CC(C)c1nccn1CCC(=O)N1CC(N(C)CC(=O)O)[C@H](O)C1. The number of carbonyl (C=O) groups excluding carboxylic acids is 1. The molecule has 1 unspecified atom stereocenters. The number of hydrogen-bond acceptors (Lipinski definition) is 5. The zero-order chi connectivity index (χ0) is 17.9. The summed E-state index contributed by atoms with van der Waals surface area (Å²) in [6.45, 7) is 5.10. The summed E-state index contributed by atoms with van der Waals surface area (Å²) in [6, 6.07) is -0.343. The molecule has 2 N–H and O–H groups in total. The van der Waals surface area contributed by atoms with E-state index in [-0.39, 0.29) is 31.0 Å². The number of carboxylic acid groups (broad SMARTS) is 1. The smallest absolute Gasteiger partial charge is 0.317 e. The minimum absolute atomic E-state index is 0.0383. The lowest BCUT2D eigenvalue weighted by atomic mass is 10.2. The van der Waals surface area contributed by atoms with E-state index in [1.54, 1.807) is 23.0 Å². The third kappa shape index (κ3) is 4.33. The van der Waals surface area contributed by atoms with E-state index < -0.39 is 12.1 Å². The van der Waals surface area contributed by atoms with Gasteiger partial charge in [-0.2, -0.15) is 0 Å². The van der Waals surface area contributed by atoms with E-state index in [0.29, 0.717) is 19.5 Å². The van der Waals surface area contributed by atoms with Gasteiger partial charge in [0, 0.05) is 44.4 Å². The molecule has 1 amide bonds. The molecule has 0 spiro atoms. The number of aromatic nitrogens is 2. The highest BCUT2D eigenvalue weighted by atomic mass is 16.4. The Kier molecular flexibility index (Phi) is 5.95. The normalized spacial score (nSPS) is 21.0. The zero-order valence-electron chi connectivity index (χ0n) is 14.4. The molecule has 0 aromatic carbocycles. The maximum absolute atomic E-state index is 12.4. The first kappa shape index (κ1) is 18.4. The van der Waals surface area contributed by atoms with E-state index in [1.807, 2.05) is 10.8 Å². The van der Waals surface area contributed by atoms with Crippen LogP contribution in [0.1, 0.15) is 32.0 Å². The molecule has 2 atom stereocenters. The van der Waals surface area contributed by atoms with E-state index in [2.05, 4.69) is 18.8 Å². The number of β-amino-alcohol motifs (C(OH)–C–C–N with tert-alkyl or cyclic N) is 1. The number of hydrogen-bond donors (Lipinski definition) is 2. The molecule has 8 heteroatoms. The first-order chi connectivity index (χ1) is 11.3. The van der Waals surface area contributed by atoms with Gasteiger partial charge in [-0.3, -0.25) is 14.5 Å². The molecule has 0 radical (unpaired) electrons. The second-order valence-corrected chi connectivity index (χ2v) is 6.63. The molecule has 0 aliphatic carbocycles. The second kappa shape index (κ2) is 7.76. The second-order valence-electron chi connectivity index (χ2n) is 6.63. The van der Waals surface area contributed by atoms with Crippen molar-refractivity contribution in [1.82, 2.24) is 19.4 Å². The lowest BCUT2D eigenvalue weighted by molar-refractivity contribution is -0.138. The van der Waals surface area contributed by atoms with Crippen LogP contribution in [0.2, 0.25) is 0 Å². The molecule has 1 fully saturated rings. The summed E-state index contributed by atoms with van der Waals surface area (Å²) in [4.78, 5) is 30.7. The fraction of sp³-hybridized carbons (Fsp3) is 0.688. The highest BCUT2D eigenvalue weighted by Crippen LogP contribution is 2.17. The van der Waals surface area contributed by atoms with E-state index >= 15 is 0 Å². The Morgan fingerprint density at radius 2 is 2.12 bits per heavy atom. The Morgan fingerprint density at radius 3 is 2.75 bits per heavy atom. The Morgan fingerprint density at radius 1 is 1.42 bits per heavy atom. The Bertz CT molecular complexity index is 586. The first-order valence-electron chi connectivity index (χ1n) is 8.18. The van der Waals surface area contributed by atoms with Crippen LogP contribution in [0.5, 0.6) is 0 Å². The molecule has 1 aromatic rings. The van der Waals surface area contributed by atoms with Crippen molar-refractivity contribution in [3.63, 3.8) is 0 Å². The third-order valence-electron chi connectivity index (χ3n) is 4.39. The highest BCUT2D eigenvalue weighted by Gasteiger charge is 2.36. The van der Waals surface area contributed by atoms with Gasteiger partial charge in [-0.05, 0) is 7.05 Å². The third-order valence-corrected chi connectivity index (χ3v) is 4.39. The van der Waals surface area contributed by atoms with Crippen LogP contribution in [0.3, 0.4) is 0 Å². The summed E-state index contributed by atoms with van der Waals surface area (Å²) in [5.41, 5.74) is 0. The molecule has 1 aromatic heterocycles. The molecule has 1 aliphatic rings. The van der Waals surface area contributed by atoms with Crippen molar-refractivity contribution in [2.75, 3.05) is 26.7 Å². The van der Waals surface area contributed by atoms with Crippen molar-refractivity contribution in [1.29, 1.82) is 0 Å². The number of aryl methyl sites for hydroxylation is 1. The van der Waals surface area contributed by atoms with Crippen molar-refractivity contribution < 1.29 is 19.8 Å². The number of carboxylic acids is 1. The average molecular weight is 338 g/mol. The van der Waals surface area contributed by atoms with Crippen LogP contribution in [0.4, 0.5) is 0 Å². The molecular weight excluding hydrogens is 312 g/mol. The predicted octanol–water partition coefficient (Wildman–Crippen LogP) is -0.0153. The number of imidazole rings is 1. The number of aliphatic carboxylic acids is 1. The van der Waals surface area contributed by atoms with E-state index in [9.17, 15) is 14.7 Å². The topological polar surface area (TPSA) is 98.9 Å². The van der Waals surface area contributed by atoms with E-state index in [4.69, 9.17) is 5.11 Å². The van der Waals surface area contributed by atoms with Crippen molar-refractivity contribution >= 4 is 11.9 Å². The van der Waals surface area contributed by atoms with Gasteiger partial charge in [-0.25, -0.2) is 4.98 Å². The number of likely N-dealkylation sites (N-methyl/N-ethyl adjacent to an activating group) is 1. The van der Waals surface area contributed by atoms with Gasteiger partial charge in [0.05, 0.1) is 18.7 Å². The van der Waals surface area contributed by atoms with Crippen molar-refractivity contribution in [3.05, 3.63) is 18.2 Å². The number of nitrogens with zero attached hydrogens (tertiary/aromatic N) is 4. The van der Waals surface area contributed by atoms with Gasteiger partial charge in [-0.15, -0.1) is 0 Å². The van der Waals surface area contributed by atoms with Crippen molar-refractivity contribution in [3.8, 4) is 0 Å². The highest BCUT2D eigenvalue weighted by molar-refractivity contribution is 5.76. The monoisotopic (exact) mass is 338 g/mol. The minimum Gasteiger partial charge on any atom is -0.480 e. The van der Waals surface area contributed by atoms with Gasteiger partial charge in [0.25, 0.3) is 0 Å². The van der Waals surface area contributed by atoms with Crippen LogP contribution in [0.15, 0.2) is 12.4 Å². The van der Waals surface area contributed by atoms with E-state index in [0.717, 1.165) is 5.82 Å². The molecule has 8 nitrogen and oxygen atoms in total. The fourth-order valence-electron chi connectivity index (χ4n) is 3.12. The van der Waals surface area contributed by atoms with Crippen LogP contribution in [-0.2, 0) is 16.1 Å². The maximum Gasteiger partial charge on any atom is 0.317 e. The summed E-state index contributed by atoms with van der Waals surface area (Å²) < 4.78 is 1.98. The van der Waals surface area contributed by atoms with Crippen LogP contribution in [-0.4, -0.2) is 80.3 Å². The standard InChI is InChI=1S/C16H26N4O4/c1-11(2)16-17-5-7-19(16)6-4-14(22)20-8-12(13(21)9-20)18(3)10-15(23)24/h5,7,11-13,21H,4,6,8-10H2,1-3H3,(H,23,24)/t12?,13-/m1/s1. The summed E-state index contributed by atoms with van der Waals surface area (Å²) in [5.74, 6) is 0.251. The fourth-order valence-corrected chi connectivity index (χ4v) is 3.12. The van der Waals surface area contributed by atoms with Crippen LogP contribution >= 0.6 is 0 Å². The first-order valence-corrected chi connectivity index (χ1v) is 8.18. The van der Waals surface area contributed by atoms with Gasteiger partial charge in [0.15, 0.2) is 0 Å². The van der Waals surface area contributed by atoms with Gasteiger partial charge in [-0.1, -0.05) is 13.8 Å². The number of carbonyl (C=O) groups is 2. The number of aliphatic hydroxyl groups is 1. The molecule has 134 valence electrons. The lowest BCUT2D eigenvalue weighted by Gasteiger charge is -2.24. The quantitative estimate of drug-likeness (QED) is 0.725. The number of rotatable bonds is 7. The Labute approximate surface area is 141 Å². The van der Waals surface area contributed by atoms with Gasteiger partial charge in [0.2, 0.25) is 5.91 Å².